The molecule has 1 aliphatic rings. The summed E-state index contributed by atoms with van der Waals surface area (Å²) in [6, 6.07) is 17.0. The number of β-lactam (4-membered cyclic amide) rings is 1. The van der Waals surface area contributed by atoms with Gasteiger partial charge in [0, 0.05) is 12.5 Å². The molecular formula is C18H15NO4. The molecule has 1 heterocycles. The zero-order chi connectivity index (χ0) is 16.4. The number of imide groups is 1. The fourth-order valence-corrected chi connectivity index (χ4v) is 2.68. The fourth-order valence-electron chi connectivity index (χ4n) is 2.68. The van der Waals surface area contributed by atoms with Gasteiger partial charge in [0.05, 0.1) is 0 Å². The summed E-state index contributed by atoms with van der Waals surface area (Å²) in [5.74, 6) is -1.44. The maximum Gasteiger partial charge on any atom is 0.303 e. The number of hydrogen-bond donors (Lipinski definition) is 0. The normalized spacial score (nSPS) is 19.9. The lowest BCUT2D eigenvalue weighted by Crippen LogP contribution is -2.62. The Hall–Kier alpha value is -2.95. The predicted octanol–water partition coefficient (Wildman–Crippen LogP) is 2.34. The van der Waals surface area contributed by atoms with Gasteiger partial charge in [-0.2, -0.15) is 0 Å². The van der Waals surface area contributed by atoms with Gasteiger partial charge in [-0.15, -0.1) is 0 Å². The molecule has 3 rings (SSSR count). The van der Waals surface area contributed by atoms with Crippen molar-refractivity contribution in [1.82, 2.24) is 4.90 Å². The highest BCUT2D eigenvalue weighted by atomic mass is 16.6. The molecule has 2 aromatic carbocycles. The Morgan fingerprint density at radius 1 is 0.957 bits per heavy atom. The third-order valence-corrected chi connectivity index (χ3v) is 3.72. The first kappa shape index (κ1) is 15.0. The Bertz CT molecular complexity index is 742. The summed E-state index contributed by atoms with van der Waals surface area (Å²) in [5.41, 5.74) is 1.17. The maximum absolute atomic E-state index is 12.6. The van der Waals surface area contributed by atoms with Crippen molar-refractivity contribution >= 4 is 17.8 Å². The smallest absolute Gasteiger partial charge is 0.303 e. The van der Waals surface area contributed by atoms with Crippen LogP contribution in [0, 0.1) is 0 Å². The fraction of sp³-hybridized carbons (Fsp3) is 0.167. The minimum atomic E-state index is -0.956. The van der Waals surface area contributed by atoms with E-state index in [1.165, 1.54) is 6.92 Å². The Morgan fingerprint density at radius 2 is 1.52 bits per heavy atom. The van der Waals surface area contributed by atoms with Crippen LogP contribution in [0.25, 0.3) is 0 Å². The van der Waals surface area contributed by atoms with Gasteiger partial charge in [0.2, 0.25) is 6.10 Å². The molecule has 0 N–H and O–H groups in total. The Balaban J connectivity index is 1.94. The van der Waals surface area contributed by atoms with E-state index < -0.39 is 29.9 Å². The third kappa shape index (κ3) is 2.73. The topological polar surface area (TPSA) is 63.7 Å². The van der Waals surface area contributed by atoms with Gasteiger partial charge in [-0.25, -0.2) is 0 Å². The van der Waals surface area contributed by atoms with Crippen LogP contribution in [-0.2, 0) is 14.3 Å². The zero-order valence-electron chi connectivity index (χ0n) is 12.5. The first-order valence-corrected chi connectivity index (χ1v) is 7.24. The van der Waals surface area contributed by atoms with Gasteiger partial charge in [0.15, 0.2) is 0 Å². The molecule has 0 unspecified atom stereocenters. The van der Waals surface area contributed by atoms with Crippen molar-refractivity contribution in [2.24, 2.45) is 0 Å². The number of benzene rings is 2. The van der Waals surface area contributed by atoms with Gasteiger partial charge in [0.1, 0.15) is 6.04 Å². The van der Waals surface area contributed by atoms with Crippen LogP contribution in [0.15, 0.2) is 60.7 Å². The highest BCUT2D eigenvalue weighted by Gasteiger charge is 2.53. The lowest BCUT2D eigenvalue weighted by Gasteiger charge is -2.44. The van der Waals surface area contributed by atoms with E-state index in [2.05, 4.69) is 0 Å². The first-order valence-electron chi connectivity index (χ1n) is 7.24. The minimum absolute atomic E-state index is 0.396. The molecule has 1 saturated heterocycles. The molecule has 0 aromatic heterocycles. The van der Waals surface area contributed by atoms with Crippen molar-refractivity contribution in [2.45, 2.75) is 19.1 Å². The van der Waals surface area contributed by atoms with Crippen molar-refractivity contribution in [3.05, 3.63) is 71.8 Å². The molecule has 0 spiro atoms. The molecule has 0 bridgehead atoms. The van der Waals surface area contributed by atoms with E-state index in [-0.39, 0.29) is 0 Å². The standard InChI is InChI=1S/C18H15NO4/c1-12(20)23-16-15(13-8-4-2-5-9-13)19(18(16)22)17(21)14-10-6-3-7-11-14/h2-11,15-16H,1H3/t15-,16+/m0/s1. The number of carbonyl (C=O) groups excluding carboxylic acids is 3. The second kappa shape index (κ2) is 6.04. The quantitative estimate of drug-likeness (QED) is 0.496. The molecule has 0 radical (unpaired) electrons. The van der Waals surface area contributed by atoms with Crippen LogP contribution < -0.4 is 0 Å². The highest BCUT2D eigenvalue weighted by molar-refractivity contribution is 6.10. The van der Waals surface area contributed by atoms with E-state index in [1.807, 2.05) is 18.2 Å². The van der Waals surface area contributed by atoms with Crippen LogP contribution in [0.2, 0.25) is 0 Å². The molecule has 2 amide bonds. The Morgan fingerprint density at radius 3 is 2.09 bits per heavy atom. The summed E-state index contributed by atoms with van der Waals surface area (Å²) in [4.78, 5) is 37.3. The molecule has 5 heteroatoms. The van der Waals surface area contributed by atoms with Crippen molar-refractivity contribution < 1.29 is 19.1 Å². The van der Waals surface area contributed by atoms with Crippen LogP contribution in [-0.4, -0.2) is 28.8 Å². The average molecular weight is 309 g/mol. The average Bonchev–Trinajstić information content (AvgIpc) is 2.58. The second-order valence-corrected chi connectivity index (χ2v) is 5.26. The summed E-state index contributed by atoms with van der Waals surface area (Å²) in [6.45, 7) is 1.25. The first-order chi connectivity index (χ1) is 11.1. The molecular weight excluding hydrogens is 294 g/mol. The largest absolute Gasteiger partial charge is 0.450 e. The van der Waals surface area contributed by atoms with E-state index in [4.69, 9.17) is 4.74 Å². The van der Waals surface area contributed by atoms with Gasteiger partial charge in [-0.1, -0.05) is 48.5 Å². The monoisotopic (exact) mass is 309 g/mol. The zero-order valence-corrected chi connectivity index (χ0v) is 12.5. The van der Waals surface area contributed by atoms with E-state index in [0.717, 1.165) is 10.5 Å². The number of rotatable bonds is 3. The molecule has 2 atom stereocenters. The lowest BCUT2D eigenvalue weighted by atomic mass is 9.89. The van der Waals surface area contributed by atoms with Gasteiger partial charge in [0.25, 0.3) is 11.8 Å². The van der Waals surface area contributed by atoms with E-state index in [1.54, 1.807) is 42.5 Å². The van der Waals surface area contributed by atoms with E-state index in [9.17, 15) is 14.4 Å². The van der Waals surface area contributed by atoms with Gasteiger partial charge in [-0.05, 0) is 17.7 Å². The second-order valence-electron chi connectivity index (χ2n) is 5.26. The van der Waals surface area contributed by atoms with E-state index in [0.29, 0.717) is 5.56 Å². The van der Waals surface area contributed by atoms with Crippen LogP contribution in [0.3, 0.4) is 0 Å². The van der Waals surface area contributed by atoms with Crippen molar-refractivity contribution in [1.29, 1.82) is 0 Å². The summed E-state index contributed by atoms with van der Waals surface area (Å²) in [7, 11) is 0. The van der Waals surface area contributed by atoms with Crippen molar-refractivity contribution in [3.8, 4) is 0 Å². The predicted molar refractivity (Wildman–Crippen MR) is 82.4 cm³/mol. The van der Waals surface area contributed by atoms with Crippen LogP contribution in [0.5, 0.6) is 0 Å². The van der Waals surface area contributed by atoms with Crippen LogP contribution in [0.4, 0.5) is 0 Å². The molecule has 5 nitrogen and oxygen atoms in total. The molecule has 23 heavy (non-hydrogen) atoms. The molecule has 116 valence electrons. The molecule has 1 aliphatic heterocycles. The number of amides is 2. The van der Waals surface area contributed by atoms with Gasteiger partial charge < -0.3 is 4.74 Å². The van der Waals surface area contributed by atoms with Gasteiger partial charge in [-0.3, -0.25) is 19.3 Å². The minimum Gasteiger partial charge on any atom is -0.450 e. The van der Waals surface area contributed by atoms with E-state index >= 15 is 0 Å². The number of nitrogens with zero attached hydrogens (tertiary/aromatic N) is 1. The number of ether oxygens (including phenoxy) is 1. The summed E-state index contributed by atoms with van der Waals surface area (Å²) >= 11 is 0. The highest BCUT2D eigenvalue weighted by Crippen LogP contribution is 2.38. The van der Waals surface area contributed by atoms with Gasteiger partial charge >= 0.3 is 5.97 Å². The number of carbonyl (C=O) groups is 3. The Kier molecular flexibility index (Phi) is 3.93. The molecule has 2 aromatic rings. The molecule has 0 aliphatic carbocycles. The van der Waals surface area contributed by atoms with Crippen molar-refractivity contribution in [2.75, 3.05) is 0 Å². The lowest BCUT2D eigenvalue weighted by molar-refractivity contribution is -0.177. The number of hydrogen-bond acceptors (Lipinski definition) is 4. The Labute approximate surface area is 133 Å². The van der Waals surface area contributed by atoms with Crippen LogP contribution in [0.1, 0.15) is 28.9 Å². The summed E-state index contributed by atoms with van der Waals surface area (Å²) in [5, 5.41) is 0. The molecule has 1 fully saturated rings. The summed E-state index contributed by atoms with van der Waals surface area (Å²) in [6.07, 6.45) is -0.956. The number of likely N-dealkylation sites (tertiary alicyclic amines) is 1. The summed E-state index contributed by atoms with van der Waals surface area (Å²) < 4.78 is 5.10. The SMILES string of the molecule is CC(=O)O[C@H]1C(=O)N(C(=O)c2ccccc2)[C@H]1c1ccccc1. The third-order valence-electron chi connectivity index (χ3n) is 3.72. The number of esters is 1. The van der Waals surface area contributed by atoms with Crippen LogP contribution >= 0.6 is 0 Å². The van der Waals surface area contributed by atoms with Crippen molar-refractivity contribution in [3.63, 3.8) is 0 Å². The maximum atomic E-state index is 12.6. The molecule has 0 saturated carbocycles.